The van der Waals surface area contributed by atoms with Crippen molar-refractivity contribution < 1.29 is 31.9 Å². The zero-order chi connectivity index (χ0) is 24.5. The van der Waals surface area contributed by atoms with Gasteiger partial charge < -0.3 is 10.1 Å². The molecule has 0 unspecified atom stereocenters. The Hall–Kier alpha value is -3.02. The van der Waals surface area contributed by atoms with Gasteiger partial charge in [-0.3, -0.25) is 24.1 Å². The molecule has 1 aliphatic rings. The highest BCUT2D eigenvalue weighted by Crippen LogP contribution is 2.40. The summed E-state index contributed by atoms with van der Waals surface area (Å²) < 4.78 is 50.8. The standard InChI is InChI=1S/C21H23N4O7PS/c22-33(28,24-34(29,30)31)25-11-5-10-19(20(25)26)23-21(27)32-13-18-16-8-3-1-6-14(16)12-15-7-2-4-9-17(15)18/h1-4,6-9,12,19H,5,10-11,13H2,(H,23,27)(H3,22,24,28)(H,29,30,31)/t19-,33+/m0/s1. The highest BCUT2D eigenvalue weighted by molar-refractivity contribution is 7.90. The van der Waals surface area contributed by atoms with Crippen molar-refractivity contribution in [2.24, 2.45) is 5.50 Å². The lowest BCUT2D eigenvalue weighted by Gasteiger charge is -2.35. The van der Waals surface area contributed by atoms with Crippen LogP contribution in [0.4, 0.5) is 4.79 Å². The number of piperidine rings is 1. The van der Waals surface area contributed by atoms with Crippen LogP contribution in [-0.2, 0) is 31.0 Å². The number of nitrogens with one attached hydrogen (secondary N) is 2. The molecule has 13 heteroatoms. The number of alkyl carbamates (subject to hydrolysis) is 1. The first-order valence-electron chi connectivity index (χ1n) is 10.3. The molecule has 1 heterocycles. The van der Waals surface area contributed by atoms with Crippen LogP contribution in [0.3, 0.4) is 0 Å². The summed E-state index contributed by atoms with van der Waals surface area (Å²) in [4.78, 5) is 25.2. The first kappa shape index (κ1) is 24.1. The number of nitrogens with zero attached hydrogens (tertiary/aromatic N) is 1. The van der Waals surface area contributed by atoms with Gasteiger partial charge in [0.1, 0.15) is 12.6 Å². The van der Waals surface area contributed by atoms with Crippen molar-refractivity contribution in [3.8, 4) is 0 Å². The molecule has 0 aromatic heterocycles. The normalized spacial score (nSPS) is 18.6. The molecular weight excluding hydrogens is 483 g/mol. The minimum atomic E-state index is -4.91. The van der Waals surface area contributed by atoms with E-state index >= 15 is 0 Å². The van der Waals surface area contributed by atoms with Crippen LogP contribution in [-0.4, -0.2) is 42.2 Å². The van der Waals surface area contributed by atoms with Crippen LogP contribution in [0.25, 0.3) is 21.5 Å². The van der Waals surface area contributed by atoms with Crippen molar-refractivity contribution in [3.63, 3.8) is 0 Å². The third-order valence-electron chi connectivity index (χ3n) is 5.54. The largest absolute Gasteiger partial charge is 0.445 e. The zero-order valence-corrected chi connectivity index (χ0v) is 19.6. The maximum atomic E-state index is 12.7. The van der Waals surface area contributed by atoms with Gasteiger partial charge in [-0.2, -0.15) is 8.42 Å². The number of hydrogen-bond donors (Lipinski definition) is 4. The molecule has 180 valence electrons. The van der Waals surface area contributed by atoms with E-state index in [1.54, 1.807) is 0 Å². The maximum absolute atomic E-state index is 12.7. The predicted molar refractivity (Wildman–Crippen MR) is 126 cm³/mol. The van der Waals surface area contributed by atoms with Crippen molar-refractivity contribution in [2.75, 3.05) is 6.54 Å². The average molecular weight is 506 g/mol. The second-order valence-corrected chi connectivity index (χ2v) is 11.3. The van der Waals surface area contributed by atoms with Gasteiger partial charge in [0.25, 0.3) is 5.91 Å². The van der Waals surface area contributed by atoms with Crippen LogP contribution in [0.2, 0.25) is 0 Å². The predicted octanol–water partition coefficient (Wildman–Crippen LogP) is 2.67. The van der Waals surface area contributed by atoms with E-state index in [0.29, 0.717) is 11.1 Å². The maximum Gasteiger partial charge on any atom is 0.408 e. The van der Waals surface area contributed by atoms with Gasteiger partial charge in [-0.05, 0) is 40.5 Å². The highest BCUT2D eigenvalue weighted by atomic mass is 32.2. The van der Waals surface area contributed by atoms with Crippen LogP contribution >= 0.6 is 7.59 Å². The number of benzene rings is 3. The molecule has 1 aliphatic heterocycles. The summed E-state index contributed by atoms with van der Waals surface area (Å²) in [5.41, 5.74) is 6.28. The molecule has 4 rings (SSSR count). The molecule has 0 aliphatic carbocycles. The van der Waals surface area contributed by atoms with E-state index in [4.69, 9.17) is 14.8 Å². The van der Waals surface area contributed by atoms with Crippen LogP contribution in [0, 0.1) is 0 Å². The summed E-state index contributed by atoms with van der Waals surface area (Å²) in [5, 5.41) is 6.26. The van der Waals surface area contributed by atoms with Crippen molar-refractivity contribution >= 4 is 51.4 Å². The summed E-state index contributed by atoms with van der Waals surface area (Å²) in [5.74, 6) is -0.846. The number of rotatable bonds is 6. The third-order valence-corrected chi connectivity index (χ3v) is 8.63. The second kappa shape index (κ2) is 9.32. The molecule has 3 aromatic carbocycles. The van der Waals surface area contributed by atoms with E-state index in [2.05, 4.69) is 11.4 Å². The quantitative estimate of drug-likeness (QED) is 0.225. The summed E-state index contributed by atoms with van der Waals surface area (Å²) in [6, 6.07) is 16.3. The van der Waals surface area contributed by atoms with E-state index in [0.717, 1.165) is 27.1 Å². The number of amides is 2. The van der Waals surface area contributed by atoms with Crippen LogP contribution in [0.5, 0.6) is 0 Å². The lowest BCUT2D eigenvalue weighted by molar-refractivity contribution is -0.130. The molecule has 0 radical (unpaired) electrons. The molecule has 0 bridgehead atoms. The van der Waals surface area contributed by atoms with Crippen LogP contribution in [0.1, 0.15) is 18.4 Å². The van der Waals surface area contributed by atoms with E-state index in [9.17, 15) is 22.6 Å². The van der Waals surface area contributed by atoms with Gasteiger partial charge in [0, 0.05) is 12.1 Å². The van der Waals surface area contributed by atoms with Crippen molar-refractivity contribution in [3.05, 3.63) is 60.2 Å². The monoisotopic (exact) mass is 506 g/mol. The molecule has 11 nitrogen and oxygen atoms in total. The number of hydrogen-bond acceptors (Lipinski definition) is 6. The van der Waals surface area contributed by atoms with Gasteiger partial charge in [0.15, 0.2) is 0 Å². The fraction of sp³-hybridized carbons (Fsp3) is 0.238. The second-order valence-electron chi connectivity index (χ2n) is 7.86. The summed E-state index contributed by atoms with van der Waals surface area (Å²) in [7, 11) is -9.36. The fourth-order valence-corrected chi connectivity index (χ4v) is 6.67. The fourth-order valence-electron chi connectivity index (χ4n) is 4.09. The van der Waals surface area contributed by atoms with E-state index in [1.165, 1.54) is 4.49 Å². The Morgan fingerprint density at radius 1 is 1.15 bits per heavy atom. The smallest absolute Gasteiger partial charge is 0.408 e. The topological polar surface area (TPSA) is 168 Å². The summed E-state index contributed by atoms with van der Waals surface area (Å²) in [6.45, 7) is -0.164. The molecule has 1 fully saturated rings. The minimum absolute atomic E-state index is 0.0575. The highest BCUT2D eigenvalue weighted by Gasteiger charge is 2.40. The third kappa shape index (κ3) is 5.21. The lowest BCUT2D eigenvalue weighted by atomic mass is 9.97. The van der Waals surface area contributed by atoms with Gasteiger partial charge in [-0.25, -0.2) is 4.79 Å². The first-order valence-corrected chi connectivity index (χ1v) is 13.5. The molecule has 0 spiro atoms. The number of fused-ring (bicyclic) bond motifs is 2. The molecule has 2 amide bonds. The zero-order valence-electron chi connectivity index (χ0n) is 17.9. The van der Waals surface area contributed by atoms with E-state index in [1.807, 2.05) is 48.5 Å². The summed E-state index contributed by atoms with van der Waals surface area (Å²) in [6.07, 6.45) is -0.362. The SMILES string of the molecule is N[P@@](=O)(NS(=O)(=O)O)N1CCC[C@H](NC(=O)OCc2c3ccccc3cc3ccccc23)C1=O. The summed E-state index contributed by atoms with van der Waals surface area (Å²) >= 11 is 0. The van der Waals surface area contributed by atoms with Gasteiger partial charge in [0.05, 0.1) is 0 Å². The molecule has 34 heavy (non-hydrogen) atoms. The minimum Gasteiger partial charge on any atom is -0.445 e. The molecule has 1 saturated heterocycles. The molecule has 3 aromatic rings. The Morgan fingerprint density at radius 2 is 1.74 bits per heavy atom. The van der Waals surface area contributed by atoms with Crippen molar-refractivity contribution in [1.29, 1.82) is 0 Å². The molecule has 5 N–H and O–H groups in total. The average Bonchev–Trinajstić information content (AvgIpc) is 2.76. The molecular formula is C21H23N4O7PS. The Kier molecular flexibility index (Phi) is 6.61. The van der Waals surface area contributed by atoms with Crippen molar-refractivity contribution in [1.82, 2.24) is 14.5 Å². The molecule has 2 atom stereocenters. The van der Waals surface area contributed by atoms with Gasteiger partial charge in [-0.15, -0.1) is 4.49 Å². The van der Waals surface area contributed by atoms with Gasteiger partial charge in [-0.1, -0.05) is 48.5 Å². The number of ether oxygens (including phenoxy) is 1. The lowest BCUT2D eigenvalue weighted by Crippen LogP contribution is -2.53. The number of carbonyl (C=O) groups excluding carboxylic acids is 2. The Labute approximate surface area is 195 Å². The van der Waals surface area contributed by atoms with Crippen molar-refractivity contribution in [2.45, 2.75) is 25.5 Å². The van der Waals surface area contributed by atoms with E-state index < -0.39 is 35.9 Å². The first-order chi connectivity index (χ1) is 16.0. The van der Waals surface area contributed by atoms with Crippen LogP contribution < -0.4 is 15.3 Å². The Balaban J connectivity index is 1.49. The Bertz CT molecular complexity index is 1380. The Morgan fingerprint density at radius 3 is 2.32 bits per heavy atom. The number of nitrogens with two attached hydrogens (primary N) is 1. The molecule has 0 saturated carbocycles. The van der Waals surface area contributed by atoms with Gasteiger partial charge in [0.2, 0.25) is 0 Å². The van der Waals surface area contributed by atoms with Gasteiger partial charge >= 0.3 is 24.0 Å². The number of carbonyl (C=O) groups is 2. The van der Waals surface area contributed by atoms with E-state index in [-0.39, 0.29) is 19.6 Å². The van der Waals surface area contributed by atoms with Crippen LogP contribution in [0.15, 0.2) is 54.6 Å².